The Kier molecular flexibility index (Phi) is 21.1. The molecule has 0 amide bonds. The van der Waals surface area contributed by atoms with E-state index in [1.54, 1.807) is 12.4 Å². The molecule has 0 atom stereocenters. The maximum absolute atomic E-state index is 5.30. The lowest BCUT2D eigenvalue weighted by Gasteiger charge is -1.93. The third-order valence-electron chi connectivity index (χ3n) is 5.63. The summed E-state index contributed by atoms with van der Waals surface area (Å²) in [4.78, 5) is 5.26. The van der Waals surface area contributed by atoms with Crippen molar-refractivity contribution in [2.75, 3.05) is 41.9 Å². The Labute approximate surface area is 270 Å². The van der Waals surface area contributed by atoms with Crippen LogP contribution in [0.2, 0.25) is 0 Å². The number of para-hydroxylation sites is 4. The number of fused-ring (bicyclic) bond motifs is 4. The van der Waals surface area contributed by atoms with Gasteiger partial charge in [-0.2, -0.15) is 0 Å². The molecule has 0 radical (unpaired) electrons. The van der Waals surface area contributed by atoms with Crippen LogP contribution in [0.15, 0.2) is 96.2 Å². The summed E-state index contributed by atoms with van der Waals surface area (Å²) in [6.45, 7) is 18.0. The van der Waals surface area contributed by atoms with Crippen molar-refractivity contribution in [1.82, 2.24) is 4.98 Å². The highest BCUT2D eigenvalue weighted by Gasteiger charge is 2.09. The number of anilines is 3. The lowest BCUT2D eigenvalue weighted by atomic mass is 10.2. The zero-order valence-electron chi connectivity index (χ0n) is 27.8. The molecule has 8 heteroatoms. The molecule has 4 aliphatic rings. The molecule has 0 bridgehead atoms. The van der Waals surface area contributed by atoms with Gasteiger partial charge in [-0.1, -0.05) is 97.9 Å². The third-order valence-corrected chi connectivity index (χ3v) is 6.59. The molecule has 0 saturated heterocycles. The van der Waals surface area contributed by atoms with E-state index in [-0.39, 0.29) is 0 Å². The predicted octanol–water partition coefficient (Wildman–Crippen LogP) is 10.2. The number of nitrogens with zero attached hydrogens (tertiary/aromatic N) is 1. The van der Waals surface area contributed by atoms with Gasteiger partial charge in [-0.3, -0.25) is 4.98 Å². The fourth-order valence-electron chi connectivity index (χ4n) is 3.82. The number of pyridine rings is 1. The number of benzene rings is 3. The molecular weight excluding hydrogens is 568 g/mol. The Balaban J connectivity index is 0.000000272. The second-order valence-electron chi connectivity index (χ2n) is 7.97. The lowest BCUT2D eigenvalue weighted by Crippen LogP contribution is -1.96. The molecule has 3 N–H and O–H groups in total. The molecule has 0 saturated carbocycles. The van der Waals surface area contributed by atoms with Gasteiger partial charge in [0.2, 0.25) is 0 Å². The van der Waals surface area contributed by atoms with E-state index in [0.29, 0.717) is 13.5 Å². The number of hydrogen-bond donors (Lipinski definition) is 3. The van der Waals surface area contributed by atoms with Gasteiger partial charge in [0, 0.05) is 23.2 Å². The third kappa shape index (κ3) is 12.7. The molecule has 7 nitrogen and oxygen atoms in total. The molecule has 0 fully saturated rings. The number of hydrogen-bond acceptors (Lipinski definition) is 8. The van der Waals surface area contributed by atoms with Crippen molar-refractivity contribution in [2.45, 2.75) is 66.7 Å². The number of thioether (sulfide) groups is 1. The second-order valence-corrected chi connectivity index (χ2v) is 8.98. The van der Waals surface area contributed by atoms with Gasteiger partial charge in [0.05, 0.1) is 30.1 Å². The highest BCUT2D eigenvalue weighted by molar-refractivity contribution is 7.99. The van der Waals surface area contributed by atoms with Crippen LogP contribution >= 0.6 is 11.8 Å². The molecule has 8 rings (SSSR count). The second kappa shape index (κ2) is 24.4. The Bertz CT molecular complexity index is 999. The SMILES string of the molecule is CC.CC.CC.CC.c1cc2c(cn1)OCN2.c1ccc2c(c1)CCO2.c1ccc2c(c1)NCO2.c1ccc2c(c1)NCS2. The predicted molar refractivity (Wildman–Crippen MR) is 191 cm³/mol. The number of ether oxygens (including phenoxy) is 3. The average molecular weight is 621 g/mol. The van der Waals surface area contributed by atoms with Gasteiger partial charge < -0.3 is 30.2 Å². The first-order valence-corrected chi connectivity index (χ1v) is 16.8. The summed E-state index contributed by atoms with van der Waals surface area (Å²) in [5.41, 5.74) is 4.75. The van der Waals surface area contributed by atoms with Crippen LogP contribution in [-0.2, 0) is 6.42 Å². The van der Waals surface area contributed by atoms with Gasteiger partial charge >= 0.3 is 0 Å². The van der Waals surface area contributed by atoms with Crippen LogP contribution in [0.25, 0.3) is 0 Å². The van der Waals surface area contributed by atoms with E-state index < -0.39 is 0 Å². The fourth-order valence-corrected chi connectivity index (χ4v) is 4.67. The largest absolute Gasteiger partial charge is 0.493 e. The summed E-state index contributed by atoms with van der Waals surface area (Å²) in [5, 5.41) is 9.38. The van der Waals surface area contributed by atoms with E-state index in [4.69, 9.17) is 14.2 Å². The van der Waals surface area contributed by atoms with Crippen molar-refractivity contribution >= 4 is 28.8 Å². The number of nitrogens with one attached hydrogen (secondary N) is 3. The zero-order valence-corrected chi connectivity index (χ0v) is 28.6. The highest BCUT2D eigenvalue weighted by Crippen LogP contribution is 2.32. The van der Waals surface area contributed by atoms with Crippen LogP contribution in [0.1, 0.15) is 61.0 Å². The van der Waals surface area contributed by atoms with Gasteiger partial charge in [-0.25, -0.2) is 0 Å². The number of rotatable bonds is 0. The quantitative estimate of drug-likeness (QED) is 0.179. The standard InChI is InChI=1S/C8H8O.C7H7NO.C7H7NS.C6H6N2O.4C2H6/c1-2-4-8-7(3-1)5-6-9-8;2*1-2-4-7-6(3-1)8-5-9-7;1-2-7-3-6-5(1)8-4-9-6;4*1-2/h1-4H,5-6H2;2*1-4,8H,5H2;1-3,8H,4H2;4*1-2H3. The normalized spacial score (nSPS) is 12.2. The summed E-state index contributed by atoms with van der Waals surface area (Å²) in [5.74, 6) is 3.90. The molecule has 4 aromatic rings. The average Bonchev–Trinajstić information content (AvgIpc) is 3.96. The topological polar surface area (TPSA) is 76.7 Å². The van der Waals surface area contributed by atoms with E-state index >= 15 is 0 Å². The van der Waals surface area contributed by atoms with Gasteiger partial charge in [0.25, 0.3) is 0 Å². The van der Waals surface area contributed by atoms with Crippen molar-refractivity contribution in [3.05, 3.63) is 96.8 Å². The molecule has 240 valence electrons. The van der Waals surface area contributed by atoms with E-state index in [1.807, 2.05) is 116 Å². The lowest BCUT2D eigenvalue weighted by molar-refractivity contribution is 0.357. The molecular formula is C36H52N4O3S. The van der Waals surface area contributed by atoms with E-state index in [2.05, 4.69) is 51.3 Å². The van der Waals surface area contributed by atoms with Gasteiger partial charge in [0.15, 0.2) is 19.2 Å². The maximum atomic E-state index is 5.30. The van der Waals surface area contributed by atoms with Crippen LogP contribution in [0.4, 0.5) is 17.1 Å². The minimum Gasteiger partial charge on any atom is -0.493 e. The van der Waals surface area contributed by atoms with Crippen molar-refractivity contribution in [2.24, 2.45) is 0 Å². The minimum absolute atomic E-state index is 0.570. The first-order valence-electron chi connectivity index (χ1n) is 15.8. The molecule has 0 aliphatic carbocycles. The summed E-state index contributed by atoms with van der Waals surface area (Å²) < 4.78 is 15.6. The Morgan fingerprint density at radius 1 is 0.568 bits per heavy atom. The van der Waals surface area contributed by atoms with Crippen LogP contribution in [0, 0.1) is 0 Å². The molecule has 4 aliphatic heterocycles. The van der Waals surface area contributed by atoms with Crippen LogP contribution in [0.3, 0.4) is 0 Å². The molecule has 0 spiro atoms. The van der Waals surface area contributed by atoms with Crippen LogP contribution < -0.4 is 30.2 Å². The first kappa shape index (κ1) is 38.0. The van der Waals surface area contributed by atoms with Gasteiger partial charge in [-0.05, 0) is 42.0 Å². The van der Waals surface area contributed by atoms with E-state index in [9.17, 15) is 0 Å². The molecule has 44 heavy (non-hydrogen) atoms. The zero-order chi connectivity index (χ0) is 32.4. The summed E-state index contributed by atoms with van der Waals surface area (Å²) in [6.07, 6.45) is 4.52. The minimum atomic E-state index is 0.570. The van der Waals surface area contributed by atoms with Crippen LogP contribution in [-0.4, -0.2) is 30.9 Å². The van der Waals surface area contributed by atoms with E-state index in [1.165, 1.54) is 16.1 Å². The molecule has 1 aromatic heterocycles. The number of aromatic nitrogens is 1. The van der Waals surface area contributed by atoms with Crippen LogP contribution in [0.5, 0.6) is 17.2 Å². The summed E-state index contributed by atoms with van der Waals surface area (Å²) in [7, 11) is 0. The maximum Gasteiger partial charge on any atom is 0.163 e. The summed E-state index contributed by atoms with van der Waals surface area (Å²) in [6, 6.07) is 26.3. The van der Waals surface area contributed by atoms with Crippen molar-refractivity contribution in [3.8, 4) is 17.2 Å². The Morgan fingerprint density at radius 3 is 1.77 bits per heavy atom. The summed E-state index contributed by atoms with van der Waals surface area (Å²) >= 11 is 1.86. The highest BCUT2D eigenvalue weighted by atomic mass is 32.2. The first-order chi connectivity index (χ1) is 21.9. The van der Waals surface area contributed by atoms with Gasteiger partial charge in [-0.15, -0.1) is 11.8 Å². The van der Waals surface area contributed by atoms with Crippen molar-refractivity contribution < 1.29 is 14.2 Å². The van der Waals surface area contributed by atoms with Gasteiger partial charge in [0.1, 0.15) is 11.5 Å². The Morgan fingerprint density at radius 2 is 1.14 bits per heavy atom. The van der Waals surface area contributed by atoms with Crippen molar-refractivity contribution in [1.29, 1.82) is 0 Å². The molecule has 0 unspecified atom stereocenters. The van der Waals surface area contributed by atoms with Crippen molar-refractivity contribution in [3.63, 3.8) is 0 Å². The van der Waals surface area contributed by atoms with E-state index in [0.717, 1.165) is 47.5 Å². The monoisotopic (exact) mass is 620 g/mol. The molecule has 5 heterocycles. The fraction of sp³-hybridized carbons (Fsp3) is 0.361. The Hall–Kier alpha value is -4.04. The molecule has 3 aromatic carbocycles. The smallest absolute Gasteiger partial charge is 0.163 e.